The second-order valence-electron chi connectivity index (χ2n) is 3.72. The minimum absolute atomic E-state index is 0.861. The van der Waals surface area contributed by atoms with Crippen LogP contribution in [-0.4, -0.2) is 22.9 Å². The molecule has 84 valence electrons. The Morgan fingerprint density at radius 2 is 2.20 bits per heavy atom. The zero-order valence-electron chi connectivity index (χ0n) is 10.0. The lowest BCUT2D eigenvalue weighted by atomic mass is 10.1. The molecule has 0 amide bonds. The van der Waals surface area contributed by atoms with Crippen LogP contribution in [0.2, 0.25) is 0 Å². The first kappa shape index (κ1) is 12.0. The summed E-state index contributed by atoms with van der Waals surface area (Å²) in [6, 6.07) is 0. The monoisotopic (exact) mass is 207 g/mol. The van der Waals surface area contributed by atoms with Crippen LogP contribution in [0.5, 0.6) is 0 Å². The SMILES string of the molecule is C=CCNCCn1nc(C)c(CC)c1C. The van der Waals surface area contributed by atoms with Crippen LogP contribution in [0, 0.1) is 13.8 Å². The predicted octanol–water partition coefficient (Wildman–Crippen LogP) is 1.84. The molecule has 0 aliphatic rings. The van der Waals surface area contributed by atoms with Crippen LogP contribution in [0.3, 0.4) is 0 Å². The average molecular weight is 207 g/mol. The van der Waals surface area contributed by atoms with E-state index in [4.69, 9.17) is 0 Å². The van der Waals surface area contributed by atoms with Gasteiger partial charge in [-0.3, -0.25) is 4.68 Å². The van der Waals surface area contributed by atoms with Crippen LogP contribution < -0.4 is 5.32 Å². The summed E-state index contributed by atoms with van der Waals surface area (Å²) in [4.78, 5) is 0. The third-order valence-electron chi connectivity index (χ3n) is 2.67. The highest BCUT2D eigenvalue weighted by atomic mass is 15.3. The van der Waals surface area contributed by atoms with Crippen molar-refractivity contribution in [1.82, 2.24) is 15.1 Å². The summed E-state index contributed by atoms with van der Waals surface area (Å²) in [5.74, 6) is 0. The Balaban J connectivity index is 2.57. The number of aryl methyl sites for hydroxylation is 1. The van der Waals surface area contributed by atoms with Gasteiger partial charge in [-0.05, 0) is 25.8 Å². The zero-order valence-corrected chi connectivity index (χ0v) is 10.0. The lowest BCUT2D eigenvalue weighted by Gasteiger charge is -2.05. The number of nitrogens with one attached hydrogen (secondary N) is 1. The largest absolute Gasteiger partial charge is 0.311 e. The molecule has 1 heterocycles. The van der Waals surface area contributed by atoms with E-state index in [-0.39, 0.29) is 0 Å². The van der Waals surface area contributed by atoms with Gasteiger partial charge in [0, 0.05) is 18.8 Å². The van der Waals surface area contributed by atoms with Gasteiger partial charge in [0.25, 0.3) is 0 Å². The van der Waals surface area contributed by atoms with E-state index in [1.165, 1.54) is 17.0 Å². The highest BCUT2D eigenvalue weighted by Gasteiger charge is 2.08. The van der Waals surface area contributed by atoms with E-state index in [0.717, 1.165) is 26.1 Å². The standard InChI is InChI=1S/C12H21N3/c1-5-7-13-8-9-15-11(4)12(6-2)10(3)14-15/h5,13H,1,6-9H2,2-4H3. The van der Waals surface area contributed by atoms with Gasteiger partial charge in [0.1, 0.15) is 0 Å². The van der Waals surface area contributed by atoms with Crippen molar-refractivity contribution >= 4 is 0 Å². The van der Waals surface area contributed by atoms with Crippen molar-refractivity contribution in [3.8, 4) is 0 Å². The fraction of sp³-hybridized carbons (Fsp3) is 0.583. The smallest absolute Gasteiger partial charge is 0.0628 e. The van der Waals surface area contributed by atoms with Crippen molar-refractivity contribution in [2.24, 2.45) is 0 Å². The van der Waals surface area contributed by atoms with E-state index in [2.05, 4.69) is 42.4 Å². The van der Waals surface area contributed by atoms with E-state index in [1.807, 2.05) is 6.08 Å². The Labute approximate surface area is 92.2 Å². The van der Waals surface area contributed by atoms with Gasteiger partial charge in [-0.25, -0.2) is 0 Å². The first-order chi connectivity index (χ1) is 7.20. The number of hydrogen-bond acceptors (Lipinski definition) is 2. The van der Waals surface area contributed by atoms with Gasteiger partial charge in [0.2, 0.25) is 0 Å². The Bertz CT molecular complexity index is 326. The van der Waals surface area contributed by atoms with Crippen LogP contribution in [0.25, 0.3) is 0 Å². The van der Waals surface area contributed by atoms with Crippen LogP contribution in [0.15, 0.2) is 12.7 Å². The Morgan fingerprint density at radius 3 is 2.73 bits per heavy atom. The molecule has 0 aliphatic carbocycles. The molecular weight excluding hydrogens is 186 g/mol. The summed E-state index contributed by atoms with van der Waals surface area (Å²) in [5.41, 5.74) is 3.85. The zero-order chi connectivity index (χ0) is 11.3. The minimum atomic E-state index is 0.861. The normalized spacial score (nSPS) is 10.6. The number of aromatic nitrogens is 2. The average Bonchev–Trinajstić information content (AvgIpc) is 2.49. The van der Waals surface area contributed by atoms with Gasteiger partial charge in [0.15, 0.2) is 0 Å². The molecule has 0 bridgehead atoms. The van der Waals surface area contributed by atoms with Crippen LogP contribution in [-0.2, 0) is 13.0 Å². The topological polar surface area (TPSA) is 29.9 Å². The van der Waals surface area contributed by atoms with Crippen LogP contribution >= 0.6 is 0 Å². The molecule has 1 rings (SSSR count). The Kier molecular flexibility index (Phi) is 4.56. The summed E-state index contributed by atoms with van der Waals surface area (Å²) in [6.07, 6.45) is 2.94. The van der Waals surface area contributed by atoms with Gasteiger partial charge in [-0.1, -0.05) is 13.0 Å². The molecule has 0 radical (unpaired) electrons. The molecule has 15 heavy (non-hydrogen) atoms. The van der Waals surface area contributed by atoms with E-state index in [1.54, 1.807) is 0 Å². The molecule has 1 aromatic heterocycles. The molecule has 0 spiro atoms. The number of nitrogens with zero attached hydrogens (tertiary/aromatic N) is 2. The van der Waals surface area contributed by atoms with Crippen LogP contribution in [0.1, 0.15) is 23.9 Å². The maximum absolute atomic E-state index is 4.53. The molecule has 0 saturated heterocycles. The molecule has 0 unspecified atom stereocenters. The van der Waals surface area contributed by atoms with E-state index in [9.17, 15) is 0 Å². The molecule has 1 aromatic rings. The van der Waals surface area contributed by atoms with Crippen molar-refractivity contribution in [3.63, 3.8) is 0 Å². The lowest BCUT2D eigenvalue weighted by molar-refractivity contribution is 0.558. The van der Waals surface area contributed by atoms with Gasteiger partial charge >= 0.3 is 0 Å². The van der Waals surface area contributed by atoms with Gasteiger partial charge < -0.3 is 5.32 Å². The second-order valence-corrected chi connectivity index (χ2v) is 3.72. The quantitative estimate of drug-likeness (QED) is 0.570. The molecule has 0 fully saturated rings. The molecule has 0 aromatic carbocycles. The number of rotatable bonds is 6. The molecule has 0 aliphatic heterocycles. The molecule has 3 heteroatoms. The van der Waals surface area contributed by atoms with Gasteiger partial charge in [0.05, 0.1) is 12.2 Å². The summed E-state index contributed by atoms with van der Waals surface area (Å²) in [7, 11) is 0. The maximum Gasteiger partial charge on any atom is 0.0628 e. The fourth-order valence-corrected chi connectivity index (χ4v) is 1.85. The Morgan fingerprint density at radius 1 is 1.47 bits per heavy atom. The van der Waals surface area contributed by atoms with Crippen molar-refractivity contribution < 1.29 is 0 Å². The highest BCUT2D eigenvalue weighted by Crippen LogP contribution is 2.12. The first-order valence-corrected chi connectivity index (χ1v) is 5.55. The maximum atomic E-state index is 4.53. The van der Waals surface area contributed by atoms with Crippen molar-refractivity contribution in [2.75, 3.05) is 13.1 Å². The number of hydrogen-bond donors (Lipinski definition) is 1. The molecule has 0 saturated carbocycles. The van der Waals surface area contributed by atoms with E-state index >= 15 is 0 Å². The second kappa shape index (κ2) is 5.71. The Hall–Kier alpha value is -1.09. The third-order valence-corrected chi connectivity index (χ3v) is 2.67. The minimum Gasteiger partial charge on any atom is -0.311 e. The van der Waals surface area contributed by atoms with Crippen molar-refractivity contribution in [2.45, 2.75) is 33.7 Å². The van der Waals surface area contributed by atoms with Crippen LogP contribution in [0.4, 0.5) is 0 Å². The fourth-order valence-electron chi connectivity index (χ4n) is 1.85. The molecule has 0 atom stereocenters. The summed E-state index contributed by atoms with van der Waals surface area (Å²) in [5, 5.41) is 7.81. The van der Waals surface area contributed by atoms with Crippen molar-refractivity contribution in [1.29, 1.82) is 0 Å². The predicted molar refractivity (Wildman–Crippen MR) is 64.1 cm³/mol. The summed E-state index contributed by atoms with van der Waals surface area (Å²) >= 11 is 0. The molecular formula is C12H21N3. The van der Waals surface area contributed by atoms with Crippen molar-refractivity contribution in [3.05, 3.63) is 29.6 Å². The molecule has 1 N–H and O–H groups in total. The van der Waals surface area contributed by atoms with E-state index in [0.29, 0.717) is 0 Å². The van der Waals surface area contributed by atoms with E-state index < -0.39 is 0 Å². The lowest BCUT2D eigenvalue weighted by Crippen LogP contribution is -2.20. The third kappa shape index (κ3) is 2.93. The summed E-state index contributed by atoms with van der Waals surface area (Å²) < 4.78 is 2.09. The first-order valence-electron chi connectivity index (χ1n) is 5.55. The molecule has 3 nitrogen and oxygen atoms in total. The van der Waals surface area contributed by atoms with Gasteiger partial charge in [-0.15, -0.1) is 6.58 Å². The summed E-state index contributed by atoms with van der Waals surface area (Å²) in [6.45, 7) is 12.8. The van der Waals surface area contributed by atoms with Gasteiger partial charge in [-0.2, -0.15) is 5.10 Å². The highest BCUT2D eigenvalue weighted by molar-refractivity contribution is 5.24.